The first-order chi connectivity index (χ1) is 15.8. The number of carbonyl (C=O) groups is 2. The number of hydrogen-bond acceptors (Lipinski definition) is 5. The minimum Gasteiger partial charge on any atom is -0.361 e. The highest BCUT2D eigenvalue weighted by Crippen LogP contribution is 2.28. The van der Waals surface area contributed by atoms with E-state index in [2.05, 4.69) is 39.4 Å². The van der Waals surface area contributed by atoms with Crippen LogP contribution >= 0.6 is 0 Å². The topological polar surface area (TPSA) is 111 Å². The van der Waals surface area contributed by atoms with Crippen molar-refractivity contribution in [2.75, 3.05) is 33.8 Å². The van der Waals surface area contributed by atoms with E-state index < -0.39 is 17.2 Å². The molecule has 1 aromatic heterocycles. The Kier molecular flexibility index (Phi) is 6.15. The molecular formula is C24H27N5O4. The summed E-state index contributed by atoms with van der Waals surface area (Å²) in [4.78, 5) is 43.0. The van der Waals surface area contributed by atoms with Crippen LogP contribution in [0.1, 0.15) is 21.7 Å². The first kappa shape index (κ1) is 22.5. The average Bonchev–Trinajstić information content (AvgIpc) is 3.25. The zero-order valence-corrected chi connectivity index (χ0v) is 18.9. The van der Waals surface area contributed by atoms with Crippen molar-refractivity contribution in [3.63, 3.8) is 0 Å². The molecule has 1 fully saturated rings. The van der Waals surface area contributed by atoms with Crippen LogP contribution in [0.3, 0.4) is 0 Å². The van der Waals surface area contributed by atoms with Crippen LogP contribution < -0.4 is 5.69 Å². The van der Waals surface area contributed by atoms with E-state index in [1.54, 1.807) is 14.1 Å². The number of nitrogens with one attached hydrogen (secondary N) is 2. The molecule has 1 aliphatic heterocycles. The fourth-order valence-corrected chi connectivity index (χ4v) is 4.13. The van der Waals surface area contributed by atoms with Crippen LogP contribution in [0.4, 0.5) is 0 Å². The van der Waals surface area contributed by atoms with Crippen LogP contribution in [0.2, 0.25) is 0 Å². The van der Waals surface area contributed by atoms with E-state index in [4.69, 9.17) is 4.74 Å². The molecule has 1 aliphatic rings. The molecule has 3 aromatic rings. The van der Waals surface area contributed by atoms with Crippen LogP contribution in [0.5, 0.6) is 0 Å². The third-order valence-corrected chi connectivity index (χ3v) is 5.77. The van der Waals surface area contributed by atoms with Gasteiger partial charge in [-0.1, -0.05) is 54.1 Å². The van der Waals surface area contributed by atoms with Gasteiger partial charge in [-0.25, -0.2) is 9.89 Å². The number of likely N-dealkylation sites (N-methyl/N-ethyl adjacent to an activating group) is 1. The molecule has 2 amide bonds. The van der Waals surface area contributed by atoms with Crippen LogP contribution in [0, 0.1) is 6.92 Å². The highest BCUT2D eigenvalue weighted by Gasteiger charge is 2.46. The van der Waals surface area contributed by atoms with Crippen molar-refractivity contribution in [2.24, 2.45) is 0 Å². The van der Waals surface area contributed by atoms with E-state index in [1.807, 2.05) is 31.2 Å². The zero-order valence-electron chi connectivity index (χ0n) is 18.9. The number of rotatable bonds is 5. The molecule has 9 nitrogen and oxygen atoms in total. The molecule has 9 heteroatoms. The van der Waals surface area contributed by atoms with Crippen LogP contribution in [0.15, 0.2) is 53.3 Å². The van der Waals surface area contributed by atoms with E-state index in [0.717, 1.165) is 16.7 Å². The number of nitrogens with zero attached hydrogens (tertiary/aromatic N) is 3. The first-order valence-electron chi connectivity index (χ1n) is 10.7. The third kappa shape index (κ3) is 4.73. The van der Waals surface area contributed by atoms with Gasteiger partial charge in [0.05, 0.1) is 13.2 Å². The van der Waals surface area contributed by atoms with Crippen LogP contribution in [-0.4, -0.2) is 76.2 Å². The zero-order chi connectivity index (χ0) is 23.6. The Balaban J connectivity index is 1.64. The first-order valence-corrected chi connectivity index (χ1v) is 10.7. The number of carbonyl (C=O) groups excluding carboxylic acids is 2. The molecule has 1 atom stereocenters. The summed E-state index contributed by atoms with van der Waals surface area (Å²) in [6.07, 6.45) is 0.296. The smallest absolute Gasteiger partial charge is 0.341 e. The van der Waals surface area contributed by atoms with Gasteiger partial charge < -0.3 is 14.5 Å². The maximum Gasteiger partial charge on any atom is 0.341 e. The van der Waals surface area contributed by atoms with Crippen molar-refractivity contribution >= 4 is 11.8 Å². The Hall–Kier alpha value is -3.72. The summed E-state index contributed by atoms with van der Waals surface area (Å²) in [6.45, 7) is 2.58. The van der Waals surface area contributed by atoms with E-state index in [9.17, 15) is 14.4 Å². The highest BCUT2D eigenvalue weighted by atomic mass is 16.5. The summed E-state index contributed by atoms with van der Waals surface area (Å²) in [5, 5.41) is 5.93. The number of ether oxygens (including phenoxy) is 1. The van der Waals surface area contributed by atoms with E-state index in [1.165, 1.54) is 15.4 Å². The molecule has 1 saturated heterocycles. The van der Waals surface area contributed by atoms with Gasteiger partial charge in [-0.05, 0) is 23.6 Å². The minimum absolute atomic E-state index is 0.0481. The van der Waals surface area contributed by atoms with Gasteiger partial charge in [0, 0.05) is 27.1 Å². The number of hydrogen-bond donors (Lipinski definition) is 2. The van der Waals surface area contributed by atoms with Crippen molar-refractivity contribution in [1.82, 2.24) is 25.0 Å². The molecule has 4 rings (SSSR count). The standard InChI is InChI=1S/C24H27N5O4/c1-16-7-9-18(10-8-16)19-6-4-5-17(13-19)14-24(22(31)28(2)3)15-29(11-12-33-24)21(30)20-25-23(32)27-26-20/h4-10,13H,11-12,14-15H2,1-3H3,(H2,25,26,27,32)/t24-/m1/s1. The monoisotopic (exact) mass is 449 g/mol. The predicted octanol–water partition coefficient (Wildman–Crippen LogP) is 1.62. The maximum atomic E-state index is 13.3. The molecular weight excluding hydrogens is 422 g/mol. The fourth-order valence-electron chi connectivity index (χ4n) is 4.13. The van der Waals surface area contributed by atoms with Crippen molar-refractivity contribution in [2.45, 2.75) is 18.9 Å². The number of aromatic amines is 2. The molecule has 33 heavy (non-hydrogen) atoms. The normalized spacial score (nSPS) is 18.2. The average molecular weight is 450 g/mol. The Morgan fingerprint density at radius 3 is 2.58 bits per heavy atom. The summed E-state index contributed by atoms with van der Waals surface area (Å²) < 4.78 is 6.09. The van der Waals surface area contributed by atoms with Gasteiger partial charge in [0.15, 0.2) is 5.60 Å². The maximum absolute atomic E-state index is 13.3. The van der Waals surface area contributed by atoms with Gasteiger partial charge in [-0.15, -0.1) is 5.10 Å². The summed E-state index contributed by atoms with van der Waals surface area (Å²) >= 11 is 0. The fraction of sp³-hybridized carbons (Fsp3) is 0.333. The van der Waals surface area contributed by atoms with Crippen LogP contribution in [-0.2, 0) is 16.0 Å². The lowest BCUT2D eigenvalue weighted by atomic mass is 9.89. The summed E-state index contributed by atoms with van der Waals surface area (Å²) in [7, 11) is 3.34. The lowest BCUT2D eigenvalue weighted by Crippen LogP contribution is -2.61. The molecule has 2 N–H and O–H groups in total. The number of amides is 2. The number of benzene rings is 2. The third-order valence-electron chi connectivity index (χ3n) is 5.77. The quantitative estimate of drug-likeness (QED) is 0.615. The van der Waals surface area contributed by atoms with E-state index in [-0.39, 0.29) is 24.9 Å². The van der Waals surface area contributed by atoms with Crippen molar-refractivity contribution < 1.29 is 14.3 Å². The van der Waals surface area contributed by atoms with Gasteiger partial charge in [0.2, 0.25) is 5.82 Å². The second kappa shape index (κ2) is 9.03. The molecule has 2 heterocycles. The van der Waals surface area contributed by atoms with Crippen molar-refractivity contribution in [3.05, 3.63) is 76.0 Å². The minimum atomic E-state index is -1.25. The Bertz CT molecular complexity index is 1210. The lowest BCUT2D eigenvalue weighted by molar-refractivity contribution is -0.165. The molecule has 0 radical (unpaired) electrons. The molecule has 172 valence electrons. The summed E-state index contributed by atoms with van der Waals surface area (Å²) in [5.41, 5.74) is 2.42. The van der Waals surface area contributed by atoms with Gasteiger partial charge in [0.25, 0.3) is 11.8 Å². The second-order valence-corrected chi connectivity index (χ2v) is 8.54. The largest absolute Gasteiger partial charge is 0.361 e. The molecule has 0 unspecified atom stereocenters. The molecule has 0 saturated carbocycles. The Morgan fingerprint density at radius 2 is 1.91 bits per heavy atom. The molecule has 0 spiro atoms. The Labute approximate surface area is 191 Å². The van der Waals surface area contributed by atoms with Crippen molar-refractivity contribution in [1.29, 1.82) is 0 Å². The SMILES string of the molecule is Cc1ccc(-c2cccc(C[C@]3(C(=O)N(C)C)CN(C(=O)c4n[nH]c(=O)[nH]4)CCO3)c2)cc1. The number of aromatic nitrogens is 3. The highest BCUT2D eigenvalue weighted by molar-refractivity contribution is 5.92. The number of H-pyrrole nitrogens is 2. The number of aryl methyl sites for hydroxylation is 1. The van der Waals surface area contributed by atoms with Gasteiger partial charge in [-0.2, -0.15) is 0 Å². The van der Waals surface area contributed by atoms with Gasteiger partial charge in [0.1, 0.15) is 0 Å². The van der Waals surface area contributed by atoms with Crippen molar-refractivity contribution in [3.8, 4) is 11.1 Å². The lowest BCUT2D eigenvalue weighted by Gasteiger charge is -2.42. The second-order valence-electron chi connectivity index (χ2n) is 8.54. The molecule has 2 aromatic carbocycles. The summed E-state index contributed by atoms with van der Waals surface area (Å²) in [6, 6.07) is 16.2. The van der Waals surface area contributed by atoms with Gasteiger partial charge >= 0.3 is 5.69 Å². The van der Waals surface area contributed by atoms with E-state index in [0.29, 0.717) is 13.0 Å². The van der Waals surface area contributed by atoms with E-state index >= 15 is 0 Å². The molecule has 0 bridgehead atoms. The summed E-state index contributed by atoms with van der Waals surface area (Å²) in [5.74, 6) is -0.772. The predicted molar refractivity (Wildman–Crippen MR) is 123 cm³/mol. The Morgan fingerprint density at radius 1 is 1.15 bits per heavy atom. The van der Waals surface area contributed by atoms with Gasteiger partial charge in [-0.3, -0.25) is 14.6 Å². The van der Waals surface area contributed by atoms with Crippen LogP contribution in [0.25, 0.3) is 11.1 Å². The molecule has 0 aliphatic carbocycles. The number of morpholine rings is 1.